The summed E-state index contributed by atoms with van der Waals surface area (Å²) in [5.41, 5.74) is 1.27. The average Bonchev–Trinajstić information content (AvgIpc) is 3.05. The van der Waals surface area contributed by atoms with E-state index in [1.807, 2.05) is 13.8 Å². The maximum atomic E-state index is 13.7. The quantitative estimate of drug-likeness (QED) is 0.591. The number of aromatic nitrogens is 1. The predicted molar refractivity (Wildman–Crippen MR) is 112 cm³/mol. The van der Waals surface area contributed by atoms with Gasteiger partial charge in [-0.15, -0.1) is 11.3 Å². The average molecular weight is 438 g/mol. The molecular formula is C19H20FN3O4S2. The van der Waals surface area contributed by atoms with E-state index in [-0.39, 0.29) is 27.4 Å². The lowest BCUT2D eigenvalue weighted by atomic mass is 10.3. The number of hydrogen-bond acceptors (Lipinski definition) is 6. The number of anilines is 2. The number of nitrogens with one attached hydrogen (secondary N) is 2. The van der Waals surface area contributed by atoms with E-state index in [1.54, 1.807) is 18.2 Å². The van der Waals surface area contributed by atoms with Gasteiger partial charge in [-0.05, 0) is 36.2 Å². The first-order valence-electron chi connectivity index (χ1n) is 8.73. The van der Waals surface area contributed by atoms with Crippen molar-refractivity contribution < 1.29 is 22.3 Å². The molecule has 2 N–H and O–H groups in total. The fourth-order valence-corrected chi connectivity index (χ4v) is 5.64. The van der Waals surface area contributed by atoms with Crippen LogP contribution >= 0.6 is 11.3 Å². The van der Waals surface area contributed by atoms with Gasteiger partial charge in [0.15, 0.2) is 11.6 Å². The lowest BCUT2D eigenvalue weighted by molar-refractivity contribution is 0.262. The third-order valence-corrected chi connectivity index (χ3v) is 7.41. The van der Waals surface area contributed by atoms with Crippen LogP contribution in [0.1, 0.15) is 13.8 Å². The Morgan fingerprint density at radius 1 is 1.17 bits per heavy atom. The third-order valence-electron chi connectivity index (χ3n) is 3.86. The van der Waals surface area contributed by atoms with E-state index >= 15 is 0 Å². The van der Waals surface area contributed by atoms with Crippen LogP contribution < -0.4 is 15.4 Å². The molecule has 2 aromatic carbocycles. The molecule has 154 valence electrons. The van der Waals surface area contributed by atoms with Crippen molar-refractivity contribution in [2.75, 3.05) is 23.5 Å². The number of thiazole rings is 1. The zero-order chi connectivity index (χ0) is 21.2. The van der Waals surface area contributed by atoms with Crippen molar-refractivity contribution in [3.8, 4) is 5.75 Å². The van der Waals surface area contributed by atoms with Crippen LogP contribution in [0.5, 0.6) is 5.75 Å². The van der Waals surface area contributed by atoms with Gasteiger partial charge in [0.25, 0.3) is 0 Å². The number of sulfone groups is 1. The SMILES string of the molecule is COc1ccc(NC(=O)Nc2ccc3nc(S(=O)(=O)CC(C)C)sc3c2)cc1F. The predicted octanol–water partition coefficient (Wildman–Crippen LogP) is 4.52. The fraction of sp³-hybridized carbons (Fsp3) is 0.263. The molecule has 7 nitrogen and oxygen atoms in total. The minimum atomic E-state index is -3.45. The fourth-order valence-electron chi connectivity index (χ4n) is 2.66. The molecular weight excluding hydrogens is 417 g/mol. The Bertz CT molecular complexity index is 1160. The van der Waals surface area contributed by atoms with Gasteiger partial charge in [0.1, 0.15) is 0 Å². The number of halogens is 1. The molecule has 3 aromatic rings. The Kier molecular flexibility index (Phi) is 6.04. The second-order valence-corrected chi connectivity index (χ2v) is 10.0. The van der Waals surface area contributed by atoms with Crippen LogP contribution in [-0.4, -0.2) is 32.3 Å². The van der Waals surface area contributed by atoms with Crippen LogP contribution in [0.3, 0.4) is 0 Å². The van der Waals surface area contributed by atoms with Crippen LogP contribution in [0.25, 0.3) is 10.2 Å². The number of fused-ring (bicyclic) bond motifs is 1. The van der Waals surface area contributed by atoms with Gasteiger partial charge in [0.2, 0.25) is 14.2 Å². The Morgan fingerprint density at radius 3 is 2.45 bits per heavy atom. The van der Waals surface area contributed by atoms with Crippen molar-refractivity contribution in [2.45, 2.75) is 18.2 Å². The zero-order valence-corrected chi connectivity index (χ0v) is 17.7. The monoisotopic (exact) mass is 437 g/mol. The minimum Gasteiger partial charge on any atom is -0.494 e. The number of ether oxygens (including phenoxy) is 1. The van der Waals surface area contributed by atoms with Crippen LogP contribution in [0.15, 0.2) is 40.7 Å². The van der Waals surface area contributed by atoms with Gasteiger partial charge >= 0.3 is 6.03 Å². The maximum Gasteiger partial charge on any atom is 0.323 e. The summed E-state index contributed by atoms with van der Waals surface area (Å²) in [6.45, 7) is 3.67. The summed E-state index contributed by atoms with van der Waals surface area (Å²) in [6, 6.07) is 8.42. The molecule has 0 aliphatic heterocycles. The van der Waals surface area contributed by atoms with Crippen LogP contribution in [0, 0.1) is 11.7 Å². The second kappa shape index (κ2) is 8.34. The standard InChI is InChI=1S/C19H20FN3O4S2/c1-11(2)10-29(25,26)19-23-15-6-4-13(9-17(15)28-19)22-18(24)21-12-5-7-16(27-3)14(20)8-12/h4-9,11H,10H2,1-3H3,(H2,21,22,24). The molecule has 0 unspecified atom stereocenters. The van der Waals surface area contributed by atoms with Gasteiger partial charge in [-0.1, -0.05) is 13.8 Å². The minimum absolute atomic E-state index is 0.00396. The number of urea groups is 1. The van der Waals surface area contributed by atoms with E-state index in [0.29, 0.717) is 15.9 Å². The molecule has 0 bridgehead atoms. The van der Waals surface area contributed by atoms with Gasteiger partial charge < -0.3 is 15.4 Å². The summed E-state index contributed by atoms with van der Waals surface area (Å²) >= 11 is 1.06. The van der Waals surface area contributed by atoms with Crippen molar-refractivity contribution >= 4 is 48.8 Å². The first-order chi connectivity index (χ1) is 13.7. The van der Waals surface area contributed by atoms with Crippen LogP contribution in [-0.2, 0) is 9.84 Å². The highest BCUT2D eigenvalue weighted by Crippen LogP contribution is 2.29. The van der Waals surface area contributed by atoms with E-state index < -0.39 is 21.7 Å². The normalized spacial score (nSPS) is 11.6. The molecule has 1 heterocycles. The molecule has 29 heavy (non-hydrogen) atoms. The maximum absolute atomic E-state index is 13.7. The smallest absolute Gasteiger partial charge is 0.323 e. The molecule has 0 spiro atoms. The van der Waals surface area contributed by atoms with E-state index in [2.05, 4.69) is 15.6 Å². The molecule has 0 fully saturated rings. The summed E-state index contributed by atoms with van der Waals surface area (Å²) in [4.78, 5) is 16.4. The molecule has 3 rings (SSSR count). The molecule has 0 aliphatic carbocycles. The number of nitrogens with zero attached hydrogens (tertiary/aromatic N) is 1. The van der Waals surface area contributed by atoms with Crippen molar-refractivity contribution in [1.29, 1.82) is 0 Å². The summed E-state index contributed by atoms with van der Waals surface area (Å²) in [6.07, 6.45) is 0. The van der Waals surface area contributed by atoms with Crippen molar-refractivity contribution in [3.63, 3.8) is 0 Å². The molecule has 0 radical (unpaired) electrons. The van der Waals surface area contributed by atoms with E-state index in [1.165, 1.54) is 19.2 Å². The van der Waals surface area contributed by atoms with Crippen LogP contribution in [0.4, 0.5) is 20.6 Å². The number of carbonyl (C=O) groups is 1. The molecule has 10 heteroatoms. The Hall–Kier alpha value is -2.72. The lowest BCUT2D eigenvalue weighted by Gasteiger charge is -2.09. The molecule has 0 saturated heterocycles. The third kappa shape index (κ3) is 5.01. The highest BCUT2D eigenvalue weighted by Gasteiger charge is 2.21. The van der Waals surface area contributed by atoms with Crippen molar-refractivity contribution in [3.05, 3.63) is 42.2 Å². The Morgan fingerprint density at radius 2 is 1.83 bits per heavy atom. The molecule has 1 aromatic heterocycles. The summed E-state index contributed by atoms with van der Waals surface area (Å²) in [5, 5.41) is 5.16. The van der Waals surface area contributed by atoms with Gasteiger partial charge in [0.05, 0.1) is 23.1 Å². The summed E-state index contributed by atoms with van der Waals surface area (Å²) < 4.78 is 44.0. The Labute approximate surface area is 171 Å². The highest BCUT2D eigenvalue weighted by atomic mass is 32.2. The van der Waals surface area contributed by atoms with E-state index in [0.717, 1.165) is 17.4 Å². The van der Waals surface area contributed by atoms with E-state index in [9.17, 15) is 17.6 Å². The van der Waals surface area contributed by atoms with Crippen molar-refractivity contribution in [2.24, 2.45) is 5.92 Å². The lowest BCUT2D eigenvalue weighted by Crippen LogP contribution is -2.19. The number of methoxy groups -OCH3 is 1. The number of amides is 2. The Balaban J connectivity index is 1.75. The first-order valence-corrected chi connectivity index (χ1v) is 11.2. The number of carbonyl (C=O) groups excluding carboxylic acids is 1. The van der Waals surface area contributed by atoms with Gasteiger partial charge in [0, 0.05) is 17.4 Å². The van der Waals surface area contributed by atoms with Gasteiger partial charge in [-0.2, -0.15) is 0 Å². The number of benzene rings is 2. The van der Waals surface area contributed by atoms with Gasteiger partial charge in [-0.25, -0.2) is 22.6 Å². The zero-order valence-electron chi connectivity index (χ0n) is 16.0. The van der Waals surface area contributed by atoms with Crippen molar-refractivity contribution in [1.82, 2.24) is 4.98 Å². The number of rotatable bonds is 6. The molecule has 2 amide bonds. The van der Waals surface area contributed by atoms with Gasteiger partial charge in [-0.3, -0.25) is 0 Å². The second-order valence-electron chi connectivity index (χ2n) is 6.77. The largest absolute Gasteiger partial charge is 0.494 e. The number of hydrogen-bond donors (Lipinski definition) is 2. The summed E-state index contributed by atoms with van der Waals surface area (Å²) in [5.74, 6) is -0.490. The molecule has 0 saturated carbocycles. The van der Waals surface area contributed by atoms with Crippen LogP contribution in [0.2, 0.25) is 0 Å². The summed E-state index contributed by atoms with van der Waals surface area (Å²) in [7, 11) is -2.09. The van der Waals surface area contributed by atoms with E-state index in [4.69, 9.17) is 4.74 Å². The molecule has 0 atom stereocenters. The highest BCUT2D eigenvalue weighted by molar-refractivity contribution is 7.93. The molecule has 0 aliphatic rings. The topological polar surface area (TPSA) is 97.4 Å². The first kappa shape index (κ1) is 21.0.